The van der Waals surface area contributed by atoms with Crippen molar-refractivity contribution in [2.45, 2.75) is 45.8 Å². The highest BCUT2D eigenvalue weighted by atomic mass is 16.6. The Bertz CT molecular complexity index is 688. The maximum Gasteiger partial charge on any atom is 0.418 e. The van der Waals surface area contributed by atoms with Gasteiger partial charge in [-0.05, 0) is 39.3 Å². The van der Waals surface area contributed by atoms with Gasteiger partial charge in [0.25, 0.3) is 5.91 Å². The number of amides is 2. The molecule has 2 amide bonds. The smallest absolute Gasteiger partial charge is 0.418 e. The van der Waals surface area contributed by atoms with Gasteiger partial charge in [-0.25, -0.2) is 14.5 Å². The van der Waals surface area contributed by atoms with E-state index in [0.717, 1.165) is 10.5 Å². The number of nitrogens with zero attached hydrogens (tertiary/aromatic N) is 1. The van der Waals surface area contributed by atoms with Crippen molar-refractivity contribution < 1.29 is 23.9 Å². The van der Waals surface area contributed by atoms with E-state index in [1.807, 2.05) is 30.3 Å². The highest BCUT2D eigenvalue weighted by Gasteiger charge is 2.46. The molecule has 0 spiro atoms. The minimum absolute atomic E-state index is 0.103. The minimum atomic E-state index is -1.00. The van der Waals surface area contributed by atoms with E-state index >= 15 is 0 Å². The van der Waals surface area contributed by atoms with Crippen LogP contribution in [-0.4, -0.2) is 41.1 Å². The van der Waals surface area contributed by atoms with Crippen LogP contribution in [0.1, 0.15) is 39.7 Å². The third-order valence-corrected chi connectivity index (χ3v) is 3.51. The van der Waals surface area contributed by atoms with Gasteiger partial charge in [0, 0.05) is 12.0 Å². The summed E-state index contributed by atoms with van der Waals surface area (Å²) in [6, 6.07) is 8.25. The number of imide groups is 1. The topological polar surface area (TPSA) is 72.9 Å². The van der Waals surface area contributed by atoms with Gasteiger partial charge in [-0.1, -0.05) is 30.3 Å². The van der Waals surface area contributed by atoms with Gasteiger partial charge in [-0.2, -0.15) is 0 Å². The summed E-state index contributed by atoms with van der Waals surface area (Å²) < 4.78 is 10.3. The summed E-state index contributed by atoms with van der Waals surface area (Å²) in [4.78, 5) is 38.2. The molecule has 0 N–H and O–H groups in total. The van der Waals surface area contributed by atoms with Crippen LogP contribution in [0.3, 0.4) is 0 Å². The number of hydrogen-bond donors (Lipinski definition) is 0. The van der Waals surface area contributed by atoms with Crippen LogP contribution >= 0.6 is 0 Å². The highest BCUT2D eigenvalue weighted by molar-refractivity contribution is 6.11. The molecule has 0 unspecified atom stereocenters. The van der Waals surface area contributed by atoms with Crippen molar-refractivity contribution in [2.75, 3.05) is 6.61 Å². The van der Waals surface area contributed by atoms with Gasteiger partial charge in [0.1, 0.15) is 11.6 Å². The molecule has 25 heavy (non-hydrogen) atoms. The second kappa shape index (κ2) is 7.51. The predicted octanol–water partition coefficient (Wildman–Crippen LogP) is 3.17. The number of rotatable bonds is 3. The first-order valence-electron chi connectivity index (χ1n) is 8.21. The molecule has 1 saturated heterocycles. The largest absolute Gasteiger partial charge is 0.464 e. The summed E-state index contributed by atoms with van der Waals surface area (Å²) in [7, 11) is 0. The van der Waals surface area contributed by atoms with Crippen LogP contribution in [0.4, 0.5) is 4.79 Å². The van der Waals surface area contributed by atoms with Crippen molar-refractivity contribution in [2.24, 2.45) is 0 Å². The van der Waals surface area contributed by atoms with Crippen LogP contribution in [0.2, 0.25) is 0 Å². The number of ether oxygens (including phenoxy) is 2. The lowest BCUT2D eigenvalue weighted by Crippen LogP contribution is -2.46. The summed E-state index contributed by atoms with van der Waals surface area (Å²) >= 11 is 0. The number of carbonyl (C=O) groups excluding carboxylic acids is 3. The predicted molar refractivity (Wildman–Crippen MR) is 92.5 cm³/mol. The Balaban J connectivity index is 2.33. The lowest BCUT2D eigenvalue weighted by molar-refractivity contribution is -0.150. The average Bonchev–Trinajstić information content (AvgIpc) is 2.84. The number of likely N-dealkylation sites (tertiary alicyclic amines) is 1. The van der Waals surface area contributed by atoms with E-state index in [1.54, 1.807) is 33.8 Å². The zero-order valence-corrected chi connectivity index (χ0v) is 14.9. The third-order valence-electron chi connectivity index (χ3n) is 3.51. The van der Waals surface area contributed by atoms with E-state index in [-0.39, 0.29) is 13.0 Å². The summed E-state index contributed by atoms with van der Waals surface area (Å²) in [5.41, 5.74) is 0.414. The van der Waals surface area contributed by atoms with Crippen LogP contribution in [0.15, 0.2) is 35.9 Å². The second-order valence-electron chi connectivity index (χ2n) is 6.71. The fourth-order valence-electron chi connectivity index (χ4n) is 2.50. The lowest BCUT2D eigenvalue weighted by Gasteiger charge is -2.26. The van der Waals surface area contributed by atoms with Gasteiger partial charge in [0.2, 0.25) is 0 Å². The first-order chi connectivity index (χ1) is 11.7. The molecule has 1 aliphatic rings. The van der Waals surface area contributed by atoms with E-state index in [9.17, 15) is 14.4 Å². The number of esters is 1. The molecule has 6 heteroatoms. The van der Waals surface area contributed by atoms with E-state index < -0.39 is 29.6 Å². The molecule has 0 bridgehead atoms. The van der Waals surface area contributed by atoms with Crippen LogP contribution < -0.4 is 0 Å². The molecule has 1 aromatic rings. The SMILES string of the molecule is CCOC(=O)[C@@H]1C/C(=C\c2ccccc2)C(=O)N1C(=O)OC(C)(C)C. The number of hydrogen-bond acceptors (Lipinski definition) is 5. The fourth-order valence-corrected chi connectivity index (χ4v) is 2.50. The van der Waals surface area contributed by atoms with Crippen molar-refractivity contribution >= 4 is 24.0 Å². The Kier molecular flexibility index (Phi) is 5.62. The average molecular weight is 345 g/mol. The second-order valence-corrected chi connectivity index (χ2v) is 6.71. The number of benzene rings is 1. The van der Waals surface area contributed by atoms with Crippen molar-refractivity contribution in [3.05, 3.63) is 41.5 Å². The fraction of sp³-hybridized carbons (Fsp3) is 0.421. The summed E-state index contributed by atoms with van der Waals surface area (Å²) in [6.07, 6.45) is 0.942. The Hall–Kier alpha value is -2.63. The lowest BCUT2D eigenvalue weighted by atomic mass is 10.1. The molecule has 134 valence electrons. The molecule has 1 atom stereocenters. The van der Waals surface area contributed by atoms with Gasteiger partial charge in [-0.3, -0.25) is 4.79 Å². The van der Waals surface area contributed by atoms with Crippen molar-refractivity contribution in [3.63, 3.8) is 0 Å². The van der Waals surface area contributed by atoms with Crippen molar-refractivity contribution in [3.8, 4) is 0 Å². The molecule has 0 saturated carbocycles. The zero-order chi connectivity index (χ0) is 18.6. The molecule has 1 fully saturated rings. The molecule has 6 nitrogen and oxygen atoms in total. The standard InChI is InChI=1S/C19H23NO5/c1-5-24-17(22)15-12-14(11-13-9-7-6-8-10-13)16(21)20(15)18(23)25-19(2,3)4/h6-11,15H,5,12H2,1-4H3/b14-11+/t15-/m0/s1. The number of carbonyl (C=O) groups is 3. The Morgan fingerprint density at radius 1 is 1.24 bits per heavy atom. The van der Waals surface area contributed by atoms with Crippen LogP contribution in [0, 0.1) is 0 Å². The molecule has 1 heterocycles. The highest BCUT2D eigenvalue weighted by Crippen LogP contribution is 2.29. The van der Waals surface area contributed by atoms with Crippen LogP contribution in [0.5, 0.6) is 0 Å². The summed E-state index contributed by atoms with van der Waals surface area (Å²) in [5.74, 6) is -1.14. The molecule has 2 rings (SSSR count). The molecule has 0 aromatic heterocycles. The molecule has 0 radical (unpaired) electrons. The van der Waals surface area contributed by atoms with Crippen LogP contribution in [-0.2, 0) is 19.1 Å². The minimum Gasteiger partial charge on any atom is -0.464 e. The van der Waals surface area contributed by atoms with Gasteiger partial charge in [-0.15, -0.1) is 0 Å². The maximum atomic E-state index is 12.7. The van der Waals surface area contributed by atoms with Gasteiger partial charge in [0.15, 0.2) is 0 Å². The molecule has 1 aliphatic heterocycles. The monoisotopic (exact) mass is 345 g/mol. The quantitative estimate of drug-likeness (QED) is 0.621. The molecular formula is C19H23NO5. The van der Waals surface area contributed by atoms with Crippen molar-refractivity contribution in [1.29, 1.82) is 0 Å². The first-order valence-corrected chi connectivity index (χ1v) is 8.21. The Morgan fingerprint density at radius 2 is 1.88 bits per heavy atom. The van der Waals surface area contributed by atoms with Gasteiger partial charge >= 0.3 is 12.1 Å². The van der Waals surface area contributed by atoms with E-state index in [1.165, 1.54) is 0 Å². The van der Waals surface area contributed by atoms with Gasteiger partial charge < -0.3 is 9.47 Å². The summed E-state index contributed by atoms with van der Waals surface area (Å²) in [5, 5.41) is 0. The normalized spacial score (nSPS) is 19.2. The van der Waals surface area contributed by atoms with Gasteiger partial charge in [0.05, 0.1) is 6.61 Å². The van der Waals surface area contributed by atoms with Crippen LogP contribution in [0.25, 0.3) is 6.08 Å². The third kappa shape index (κ3) is 4.68. The summed E-state index contributed by atoms with van der Waals surface area (Å²) in [6.45, 7) is 6.94. The molecule has 0 aliphatic carbocycles. The Labute approximate surface area is 147 Å². The van der Waals surface area contributed by atoms with E-state index in [2.05, 4.69) is 0 Å². The van der Waals surface area contributed by atoms with E-state index in [0.29, 0.717) is 5.57 Å². The first kappa shape index (κ1) is 18.7. The maximum absolute atomic E-state index is 12.7. The Morgan fingerprint density at radius 3 is 2.44 bits per heavy atom. The molecular weight excluding hydrogens is 322 g/mol. The van der Waals surface area contributed by atoms with E-state index in [4.69, 9.17) is 9.47 Å². The molecule has 1 aromatic carbocycles. The van der Waals surface area contributed by atoms with Crippen molar-refractivity contribution in [1.82, 2.24) is 4.90 Å². The zero-order valence-electron chi connectivity index (χ0n) is 14.9.